The van der Waals surface area contributed by atoms with Gasteiger partial charge in [-0.15, -0.1) is 0 Å². The highest BCUT2D eigenvalue weighted by molar-refractivity contribution is 6.26. The Morgan fingerprint density at radius 3 is 1.85 bits per heavy atom. The summed E-state index contributed by atoms with van der Waals surface area (Å²) in [6.07, 6.45) is 4.34. The fourth-order valence-electron chi connectivity index (χ4n) is 8.01. The molecule has 0 spiro atoms. The van der Waals surface area contributed by atoms with E-state index in [2.05, 4.69) is 191 Å². The number of nitriles is 1. The summed E-state index contributed by atoms with van der Waals surface area (Å²) >= 11 is 0. The van der Waals surface area contributed by atoms with Crippen LogP contribution in [-0.4, -0.2) is 4.57 Å². The second kappa shape index (κ2) is 13.0. The van der Waals surface area contributed by atoms with Gasteiger partial charge in [0.25, 0.3) is 0 Å². The van der Waals surface area contributed by atoms with Crippen molar-refractivity contribution in [3.63, 3.8) is 0 Å². The van der Waals surface area contributed by atoms with Gasteiger partial charge in [-0.05, 0) is 105 Å². The second-order valence-electron chi connectivity index (χ2n) is 13.7. The molecule has 0 fully saturated rings. The minimum atomic E-state index is 0.642. The number of benzene rings is 9. The Hall–Kier alpha value is -7.41. The topological polar surface area (TPSA) is 32.0 Å². The summed E-state index contributed by atoms with van der Waals surface area (Å²) in [6, 6.07) is 68.8. The lowest BCUT2D eigenvalue weighted by Crippen LogP contribution is -2.10. The lowest BCUT2D eigenvalue weighted by molar-refractivity contribution is 1.18. The molecule has 0 radical (unpaired) electrons. The van der Waals surface area contributed by atoms with E-state index in [-0.39, 0.29) is 0 Å². The van der Waals surface area contributed by atoms with Crippen LogP contribution < -0.4 is 4.90 Å². The number of nitrogens with zero attached hydrogens (tertiary/aromatic N) is 3. The molecule has 0 N–H and O–H groups in total. The highest BCUT2D eigenvalue weighted by atomic mass is 15.1. The van der Waals surface area contributed by atoms with E-state index in [0.29, 0.717) is 5.56 Å². The van der Waals surface area contributed by atoms with E-state index in [4.69, 9.17) is 0 Å². The zero-order valence-corrected chi connectivity index (χ0v) is 29.4. The van der Waals surface area contributed by atoms with Crippen molar-refractivity contribution in [3.05, 3.63) is 205 Å². The minimum absolute atomic E-state index is 0.642. The largest absolute Gasteiger partial charge is 0.310 e. The number of para-hydroxylation sites is 1. The van der Waals surface area contributed by atoms with Crippen LogP contribution in [0, 0.1) is 11.3 Å². The molecule has 1 aromatic heterocycles. The van der Waals surface area contributed by atoms with Crippen molar-refractivity contribution in [2.24, 2.45) is 0 Å². The van der Waals surface area contributed by atoms with E-state index in [1.54, 1.807) is 0 Å². The Morgan fingerprint density at radius 1 is 0.463 bits per heavy atom. The van der Waals surface area contributed by atoms with E-state index >= 15 is 0 Å². The lowest BCUT2D eigenvalue weighted by atomic mass is 9.94. The first-order chi connectivity index (χ1) is 26.7. The summed E-state index contributed by atoms with van der Waals surface area (Å²) in [5.74, 6) is 0. The molecule has 252 valence electrons. The van der Waals surface area contributed by atoms with Gasteiger partial charge in [-0.2, -0.15) is 5.26 Å². The number of hydrogen-bond acceptors (Lipinski definition) is 2. The number of rotatable bonds is 7. The van der Waals surface area contributed by atoms with Crippen molar-refractivity contribution in [1.29, 1.82) is 5.26 Å². The van der Waals surface area contributed by atoms with E-state index in [1.165, 1.54) is 60.2 Å². The third kappa shape index (κ3) is 5.29. The summed E-state index contributed by atoms with van der Waals surface area (Å²) in [5.41, 5.74) is 12.1. The van der Waals surface area contributed by atoms with Gasteiger partial charge in [0.2, 0.25) is 0 Å². The molecule has 3 nitrogen and oxygen atoms in total. The van der Waals surface area contributed by atoms with Crippen LogP contribution in [0.4, 0.5) is 17.1 Å². The molecule has 0 saturated heterocycles. The molecule has 0 bridgehead atoms. The fourth-order valence-corrected chi connectivity index (χ4v) is 8.01. The number of anilines is 3. The Labute approximate surface area is 313 Å². The molecular weight excluding hydrogens is 655 g/mol. The fraction of sp³-hybridized carbons (Fsp3) is 0. The molecule has 1 heterocycles. The first-order valence-electron chi connectivity index (χ1n) is 18.2. The monoisotopic (exact) mass is 687 g/mol. The molecule has 0 unspecified atom stereocenters. The Kier molecular flexibility index (Phi) is 7.53. The van der Waals surface area contributed by atoms with Gasteiger partial charge in [-0.25, -0.2) is 0 Å². The molecule has 0 aliphatic heterocycles. The van der Waals surface area contributed by atoms with Gasteiger partial charge in [0.05, 0.1) is 28.4 Å². The average Bonchev–Trinajstić information content (AvgIpc) is 3.59. The molecule has 0 amide bonds. The van der Waals surface area contributed by atoms with Crippen molar-refractivity contribution in [2.75, 3.05) is 4.90 Å². The van der Waals surface area contributed by atoms with Crippen LogP contribution in [0.2, 0.25) is 0 Å². The molecule has 10 rings (SSSR count). The van der Waals surface area contributed by atoms with Crippen LogP contribution in [0.5, 0.6) is 0 Å². The van der Waals surface area contributed by atoms with Crippen LogP contribution >= 0.6 is 0 Å². The molecule has 3 heteroatoms. The first kappa shape index (κ1) is 31.3. The molecule has 9 aromatic carbocycles. The van der Waals surface area contributed by atoms with E-state index < -0.39 is 0 Å². The van der Waals surface area contributed by atoms with Crippen molar-refractivity contribution in [2.45, 2.75) is 0 Å². The maximum Gasteiger partial charge on any atom is 0.0991 e. The van der Waals surface area contributed by atoms with Crippen LogP contribution in [0.25, 0.3) is 72.3 Å². The molecule has 0 saturated carbocycles. The van der Waals surface area contributed by atoms with Gasteiger partial charge >= 0.3 is 0 Å². The summed E-state index contributed by atoms with van der Waals surface area (Å²) in [7, 11) is 0. The quantitative estimate of drug-likeness (QED) is 0.123. The summed E-state index contributed by atoms with van der Waals surface area (Å²) in [5, 5.41) is 16.9. The molecule has 10 aromatic rings. The summed E-state index contributed by atoms with van der Waals surface area (Å²) in [4.78, 5) is 2.26. The molecule has 0 atom stereocenters. The average molecular weight is 688 g/mol. The predicted molar refractivity (Wildman–Crippen MR) is 227 cm³/mol. The first-order valence-corrected chi connectivity index (χ1v) is 18.2. The Morgan fingerprint density at radius 2 is 1.09 bits per heavy atom. The molecule has 54 heavy (non-hydrogen) atoms. The number of fused-ring (bicyclic) bond motifs is 1. The van der Waals surface area contributed by atoms with Crippen LogP contribution in [0.1, 0.15) is 16.7 Å². The highest BCUT2D eigenvalue weighted by Gasteiger charge is 2.19. The summed E-state index contributed by atoms with van der Waals surface area (Å²) in [6.45, 7) is 0. The van der Waals surface area contributed by atoms with Gasteiger partial charge in [0, 0.05) is 33.2 Å². The number of hydrogen-bond donors (Lipinski definition) is 0. The van der Waals surface area contributed by atoms with Gasteiger partial charge in [0.1, 0.15) is 0 Å². The Bertz CT molecular complexity index is 3010. The third-order valence-electron chi connectivity index (χ3n) is 10.6. The third-order valence-corrected chi connectivity index (χ3v) is 10.6. The number of aromatic nitrogens is 1. The van der Waals surface area contributed by atoms with Crippen LogP contribution in [0.15, 0.2) is 188 Å². The maximum atomic E-state index is 9.42. The van der Waals surface area contributed by atoms with E-state index in [9.17, 15) is 5.26 Å². The smallest absolute Gasteiger partial charge is 0.0991 e. The summed E-state index contributed by atoms with van der Waals surface area (Å²) < 4.78 is 2.39. The van der Waals surface area contributed by atoms with Gasteiger partial charge in [0.15, 0.2) is 0 Å². The van der Waals surface area contributed by atoms with E-state index in [1.807, 2.05) is 24.3 Å². The predicted octanol–water partition coefficient (Wildman–Crippen LogP) is 13.7. The van der Waals surface area contributed by atoms with Gasteiger partial charge < -0.3 is 9.47 Å². The van der Waals surface area contributed by atoms with Crippen LogP contribution in [-0.2, 0) is 0 Å². The maximum absolute atomic E-state index is 9.42. The zero-order valence-electron chi connectivity index (χ0n) is 29.4. The van der Waals surface area contributed by atoms with Crippen molar-refractivity contribution in [1.82, 2.24) is 4.57 Å². The standard InChI is InChI=1S/C51H33N3/c52-34-37-22-29-43(30-23-37)53(47-14-6-9-38-8-4-5-13-45(38)47)42-27-20-36(21-28-42)17-16-35-18-24-39(25-19-35)44-32-33-49-51-46(44)31-26-40-10-7-15-48(50(40)51)54(49)41-11-2-1-3-12-41/h1-33H/b17-16+. The zero-order chi connectivity index (χ0) is 36.0. The highest BCUT2D eigenvalue weighted by Crippen LogP contribution is 2.43. The second-order valence-corrected chi connectivity index (χ2v) is 13.7. The van der Waals surface area contributed by atoms with Gasteiger partial charge in [-0.1, -0.05) is 133 Å². The SMILES string of the molecule is N#Cc1ccc(N(c2ccc(/C=C/c3ccc(-c4ccc5c6c4ccc4cccc(c46)n5-c4ccccc4)cc3)cc2)c2cccc3ccccc23)cc1. The van der Waals surface area contributed by atoms with Crippen molar-refractivity contribution >= 4 is 72.6 Å². The van der Waals surface area contributed by atoms with Crippen LogP contribution in [0.3, 0.4) is 0 Å². The van der Waals surface area contributed by atoms with Crippen molar-refractivity contribution in [3.8, 4) is 22.9 Å². The van der Waals surface area contributed by atoms with Crippen molar-refractivity contribution < 1.29 is 0 Å². The minimum Gasteiger partial charge on any atom is -0.310 e. The van der Waals surface area contributed by atoms with E-state index in [0.717, 1.165) is 28.2 Å². The lowest BCUT2D eigenvalue weighted by Gasteiger charge is -2.27. The molecule has 0 aliphatic carbocycles. The molecule has 0 aliphatic rings. The molecular formula is C51H33N3. The van der Waals surface area contributed by atoms with Gasteiger partial charge in [-0.3, -0.25) is 0 Å². The Balaban J connectivity index is 0.957. The normalized spacial score (nSPS) is 11.6.